The summed E-state index contributed by atoms with van der Waals surface area (Å²) in [5.74, 6) is -0.609. The van der Waals surface area contributed by atoms with E-state index in [0.29, 0.717) is 25.1 Å². The number of carbonyl (C=O) groups is 1. The van der Waals surface area contributed by atoms with Gasteiger partial charge in [0.1, 0.15) is 5.82 Å². The Labute approximate surface area is 93.5 Å². The number of amides is 1. The zero-order chi connectivity index (χ0) is 11.7. The Balaban J connectivity index is 2.23. The van der Waals surface area contributed by atoms with Crippen molar-refractivity contribution in [2.45, 2.75) is 19.4 Å². The Hall–Kier alpha value is -1.42. The number of benzene rings is 1. The molecule has 1 amide bonds. The molecule has 86 valence electrons. The highest BCUT2D eigenvalue weighted by Gasteiger charge is 2.26. The van der Waals surface area contributed by atoms with Crippen molar-refractivity contribution in [3.8, 4) is 0 Å². The van der Waals surface area contributed by atoms with Crippen LogP contribution in [0.4, 0.5) is 4.39 Å². The lowest BCUT2D eigenvalue weighted by Crippen LogP contribution is -2.30. The van der Waals surface area contributed by atoms with Crippen LogP contribution in [-0.4, -0.2) is 35.1 Å². The second-order valence-electron chi connectivity index (χ2n) is 4.15. The van der Waals surface area contributed by atoms with Gasteiger partial charge in [-0.15, -0.1) is 0 Å². The van der Waals surface area contributed by atoms with Crippen LogP contribution < -0.4 is 0 Å². The van der Waals surface area contributed by atoms with Gasteiger partial charge in [-0.25, -0.2) is 4.39 Å². The van der Waals surface area contributed by atoms with Crippen LogP contribution in [0.2, 0.25) is 0 Å². The number of carbonyl (C=O) groups excluding carboxylic acids is 1. The highest BCUT2D eigenvalue weighted by atomic mass is 19.1. The molecule has 0 spiro atoms. The molecule has 0 saturated carbocycles. The van der Waals surface area contributed by atoms with Crippen molar-refractivity contribution in [1.82, 2.24) is 4.90 Å². The van der Waals surface area contributed by atoms with Crippen molar-refractivity contribution >= 4 is 5.91 Å². The first-order valence-corrected chi connectivity index (χ1v) is 5.31. The van der Waals surface area contributed by atoms with Crippen molar-refractivity contribution in [3.63, 3.8) is 0 Å². The molecule has 0 aliphatic carbocycles. The van der Waals surface area contributed by atoms with E-state index in [-0.39, 0.29) is 5.91 Å². The van der Waals surface area contributed by atoms with Gasteiger partial charge in [-0.05, 0) is 31.0 Å². The van der Waals surface area contributed by atoms with E-state index in [1.54, 1.807) is 17.9 Å². The summed E-state index contributed by atoms with van der Waals surface area (Å²) in [6.07, 6.45) is 0.151. The van der Waals surface area contributed by atoms with E-state index in [4.69, 9.17) is 0 Å². The highest BCUT2D eigenvalue weighted by molar-refractivity contribution is 5.95. The van der Waals surface area contributed by atoms with Crippen molar-refractivity contribution in [2.75, 3.05) is 13.1 Å². The molecule has 0 bridgehead atoms. The minimum atomic E-state index is -0.446. The van der Waals surface area contributed by atoms with Crippen molar-refractivity contribution in [1.29, 1.82) is 0 Å². The lowest BCUT2D eigenvalue weighted by Gasteiger charge is -2.16. The maximum Gasteiger partial charge on any atom is 0.254 e. The second kappa shape index (κ2) is 4.22. The summed E-state index contributed by atoms with van der Waals surface area (Å²) in [5.41, 5.74) is 1.14. The molecule has 1 aromatic carbocycles. The Kier molecular flexibility index (Phi) is 2.92. The number of β-amino-alcohol motifs (C(OH)–C–C–N with tert-alkyl or cyclic N) is 1. The lowest BCUT2D eigenvalue weighted by atomic mass is 10.1. The summed E-state index contributed by atoms with van der Waals surface area (Å²) in [5, 5.41) is 9.35. The van der Waals surface area contributed by atoms with Crippen LogP contribution >= 0.6 is 0 Å². The third-order valence-corrected chi connectivity index (χ3v) is 2.88. The number of aliphatic hydroxyl groups is 1. The summed E-state index contributed by atoms with van der Waals surface area (Å²) in [7, 11) is 0. The molecule has 1 atom stereocenters. The fourth-order valence-corrected chi connectivity index (χ4v) is 1.92. The Bertz CT molecular complexity index is 419. The summed E-state index contributed by atoms with van der Waals surface area (Å²) >= 11 is 0. The van der Waals surface area contributed by atoms with Gasteiger partial charge >= 0.3 is 0 Å². The molecule has 4 heteroatoms. The molecule has 1 saturated heterocycles. The normalized spacial score (nSPS) is 20.2. The first-order chi connectivity index (χ1) is 7.58. The van der Waals surface area contributed by atoms with E-state index in [0.717, 1.165) is 5.56 Å². The van der Waals surface area contributed by atoms with E-state index < -0.39 is 11.9 Å². The Morgan fingerprint density at radius 1 is 1.56 bits per heavy atom. The maximum atomic E-state index is 13.1. The van der Waals surface area contributed by atoms with Gasteiger partial charge in [0.25, 0.3) is 5.91 Å². The highest BCUT2D eigenvalue weighted by Crippen LogP contribution is 2.17. The van der Waals surface area contributed by atoms with Crippen LogP contribution in [0, 0.1) is 12.7 Å². The van der Waals surface area contributed by atoms with Crippen LogP contribution in [0.15, 0.2) is 18.2 Å². The lowest BCUT2D eigenvalue weighted by molar-refractivity contribution is 0.0764. The van der Waals surface area contributed by atoms with Gasteiger partial charge in [-0.1, -0.05) is 6.07 Å². The third-order valence-electron chi connectivity index (χ3n) is 2.88. The first-order valence-electron chi connectivity index (χ1n) is 5.31. The zero-order valence-corrected chi connectivity index (χ0v) is 9.11. The van der Waals surface area contributed by atoms with Gasteiger partial charge in [-0.2, -0.15) is 0 Å². The molecule has 3 nitrogen and oxygen atoms in total. The zero-order valence-electron chi connectivity index (χ0n) is 9.11. The quantitative estimate of drug-likeness (QED) is 0.780. The monoisotopic (exact) mass is 223 g/mol. The van der Waals surface area contributed by atoms with E-state index in [2.05, 4.69) is 0 Å². The van der Waals surface area contributed by atoms with Gasteiger partial charge in [0.2, 0.25) is 0 Å². The van der Waals surface area contributed by atoms with Crippen LogP contribution in [-0.2, 0) is 0 Å². The predicted molar refractivity (Wildman–Crippen MR) is 57.7 cm³/mol. The average molecular weight is 223 g/mol. The van der Waals surface area contributed by atoms with Crippen molar-refractivity contribution < 1.29 is 14.3 Å². The van der Waals surface area contributed by atoms with Gasteiger partial charge in [0.05, 0.1) is 6.10 Å². The largest absolute Gasteiger partial charge is 0.391 e. The number of hydrogen-bond donors (Lipinski definition) is 1. The van der Waals surface area contributed by atoms with Crippen molar-refractivity contribution in [3.05, 3.63) is 35.1 Å². The van der Waals surface area contributed by atoms with Crippen LogP contribution in [0.25, 0.3) is 0 Å². The molecule has 16 heavy (non-hydrogen) atoms. The molecule has 0 unspecified atom stereocenters. The summed E-state index contributed by atoms with van der Waals surface area (Å²) in [6.45, 7) is 2.66. The molecule has 1 fully saturated rings. The molecule has 0 radical (unpaired) electrons. The van der Waals surface area contributed by atoms with Crippen molar-refractivity contribution in [2.24, 2.45) is 0 Å². The first kappa shape index (κ1) is 11.1. The molecule has 1 N–H and O–H groups in total. The Morgan fingerprint density at radius 2 is 2.31 bits per heavy atom. The minimum absolute atomic E-state index is 0.200. The number of hydrogen-bond acceptors (Lipinski definition) is 2. The molecule has 2 rings (SSSR count). The summed E-state index contributed by atoms with van der Waals surface area (Å²) < 4.78 is 13.1. The van der Waals surface area contributed by atoms with Gasteiger partial charge in [0, 0.05) is 18.7 Å². The van der Waals surface area contributed by atoms with Crippen LogP contribution in [0.5, 0.6) is 0 Å². The fourth-order valence-electron chi connectivity index (χ4n) is 1.92. The smallest absolute Gasteiger partial charge is 0.254 e. The average Bonchev–Trinajstić information content (AvgIpc) is 2.67. The van der Waals surface area contributed by atoms with E-state index >= 15 is 0 Å². The standard InChI is InChI=1S/C12H14FNO2/c1-8-2-3-9(13)6-11(8)12(16)14-5-4-10(15)7-14/h2-3,6,10,15H,4-5,7H2,1H3/t10-/m1/s1. The second-order valence-corrected chi connectivity index (χ2v) is 4.15. The van der Waals surface area contributed by atoms with Crippen LogP contribution in [0.3, 0.4) is 0 Å². The molecular formula is C12H14FNO2. The predicted octanol–water partition coefficient (Wildman–Crippen LogP) is 1.34. The SMILES string of the molecule is Cc1ccc(F)cc1C(=O)N1CC[C@@H](O)C1. The molecule has 1 aromatic rings. The number of nitrogens with zero attached hydrogens (tertiary/aromatic N) is 1. The molecule has 1 aliphatic rings. The summed E-state index contributed by atoms with van der Waals surface area (Å²) in [4.78, 5) is 13.6. The summed E-state index contributed by atoms with van der Waals surface area (Å²) in [6, 6.07) is 4.18. The number of likely N-dealkylation sites (tertiary alicyclic amines) is 1. The maximum absolute atomic E-state index is 13.1. The number of rotatable bonds is 1. The Morgan fingerprint density at radius 3 is 2.94 bits per heavy atom. The van der Waals surface area contributed by atoms with E-state index in [1.807, 2.05) is 0 Å². The number of halogens is 1. The van der Waals surface area contributed by atoms with E-state index in [1.165, 1.54) is 12.1 Å². The molecule has 0 aromatic heterocycles. The van der Waals surface area contributed by atoms with Crippen LogP contribution in [0.1, 0.15) is 22.3 Å². The number of aryl methyl sites for hydroxylation is 1. The minimum Gasteiger partial charge on any atom is -0.391 e. The van der Waals surface area contributed by atoms with Gasteiger partial charge < -0.3 is 10.0 Å². The fraction of sp³-hybridized carbons (Fsp3) is 0.417. The molecule has 1 aliphatic heterocycles. The number of aliphatic hydroxyl groups excluding tert-OH is 1. The molecule has 1 heterocycles. The topological polar surface area (TPSA) is 40.5 Å². The van der Waals surface area contributed by atoms with E-state index in [9.17, 15) is 14.3 Å². The van der Waals surface area contributed by atoms with Gasteiger partial charge in [-0.3, -0.25) is 4.79 Å². The third kappa shape index (κ3) is 2.07. The molecular weight excluding hydrogens is 209 g/mol. The van der Waals surface area contributed by atoms with Gasteiger partial charge in [0.15, 0.2) is 0 Å².